The van der Waals surface area contributed by atoms with Crippen molar-refractivity contribution in [1.29, 1.82) is 0 Å². The fourth-order valence-corrected chi connectivity index (χ4v) is 3.05. The Kier molecular flexibility index (Phi) is 6.80. The number of likely N-dealkylation sites (N-methyl/N-ethyl adjacent to an activating group) is 2. The molecule has 21 heavy (non-hydrogen) atoms. The standard InChI is InChI=1S/C14H24N4O2S/c1-5-18(6-2)13(19)9-17(4)8-11-7-12(14(20)16-15)21-10(11)3/h7H,5-6,8-9,15H2,1-4H3,(H,16,20). The van der Waals surface area contributed by atoms with Gasteiger partial charge in [0.1, 0.15) is 0 Å². The van der Waals surface area contributed by atoms with E-state index in [1.807, 2.05) is 43.7 Å². The molecule has 7 heteroatoms. The lowest BCUT2D eigenvalue weighted by atomic mass is 10.2. The smallest absolute Gasteiger partial charge is 0.275 e. The van der Waals surface area contributed by atoms with Crippen LogP contribution in [-0.2, 0) is 11.3 Å². The summed E-state index contributed by atoms with van der Waals surface area (Å²) >= 11 is 1.41. The molecule has 1 heterocycles. The number of aryl methyl sites for hydroxylation is 1. The number of nitrogens with zero attached hydrogens (tertiary/aromatic N) is 2. The van der Waals surface area contributed by atoms with E-state index in [9.17, 15) is 9.59 Å². The fourth-order valence-electron chi connectivity index (χ4n) is 2.11. The third-order valence-corrected chi connectivity index (χ3v) is 4.43. The Morgan fingerprint density at radius 2 is 1.95 bits per heavy atom. The van der Waals surface area contributed by atoms with Gasteiger partial charge in [-0.2, -0.15) is 0 Å². The molecule has 0 spiro atoms. The minimum Gasteiger partial charge on any atom is -0.342 e. The average molecular weight is 312 g/mol. The van der Waals surface area contributed by atoms with Crippen molar-refractivity contribution in [2.24, 2.45) is 5.84 Å². The Hall–Kier alpha value is -1.44. The summed E-state index contributed by atoms with van der Waals surface area (Å²) in [5.74, 6) is 4.98. The molecule has 0 atom stereocenters. The first kappa shape index (κ1) is 17.6. The molecule has 0 aliphatic carbocycles. The number of nitrogen functional groups attached to an aromatic ring is 1. The first-order valence-corrected chi connectivity index (χ1v) is 7.81. The van der Waals surface area contributed by atoms with Gasteiger partial charge in [-0.15, -0.1) is 11.3 Å². The maximum atomic E-state index is 12.1. The van der Waals surface area contributed by atoms with Gasteiger partial charge in [0, 0.05) is 24.5 Å². The number of thiophene rings is 1. The zero-order chi connectivity index (χ0) is 16.0. The highest BCUT2D eigenvalue weighted by Gasteiger charge is 2.16. The molecule has 0 aliphatic heterocycles. The van der Waals surface area contributed by atoms with Crippen LogP contribution in [0.15, 0.2) is 6.07 Å². The molecule has 0 saturated carbocycles. The second-order valence-corrected chi connectivity index (χ2v) is 6.16. The van der Waals surface area contributed by atoms with Gasteiger partial charge in [0.05, 0.1) is 11.4 Å². The van der Waals surface area contributed by atoms with Crippen molar-refractivity contribution in [3.8, 4) is 0 Å². The van der Waals surface area contributed by atoms with Crippen molar-refractivity contribution in [2.75, 3.05) is 26.7 Å². The molecule has 6 nitrogen and oxygen atoms in total. The molecule has 3 N–H and O–H groups in total. The number of nitrogens with two attached hydrogens (primary N) is 1. The minimum absolute atomic E-state index is 0.121. The van der Waals surface area contributed by atoms with Gasteiger partial charge < -0.3 is 4.90 Å². The van der Waals surface area contributed by atoms with Crippen molar-refractivity contribution < 1.29 is 9.59 Å². The zero-order valence-corrected chi connectivity index (χ0v) is 13.9. The number of hydrogen-bond acceptors (Lipinski definition) is 5. The Morgan fingerprint density at radius 3 is 2.48 bits per heavy atom. The summed E-state index contributed by atoms with van der Waals surface area (Å²) in [6.45, 7) is 8.36. The summed E-state index contributed by atoms with van der Waals surface area (Å²) in [5.41, 5.74) is 3.18. The molecule has 1 aromatic rings. The lowest BCUT2D eigenvalue weighted by Gasteiger charge is -2.23. The fraction of sp³-hybridized carbons (Fsp3) is 0.571. The molecule has 0 saturated heterocycles. The highest BCUT2D eigenvalue weighted by atomic mass is 32.1. The van der Waals surface area contributed by atoms with Gasteiger partial charge in [-0.1, -0.05) is 0 Å². The Morgan fingerprint density at radius 1 is 1.33 bits per heavy atom. The molecule has 0 bridgehead atoms. The molecule has 0 aromatic carbocycles. The number of hydrogen-bond donors (Lipinski definition) is 2. The maximum absolute atomic E-state index is 12.1. The van der Waals surface area contributed by atoms with Crippen LogP contribution >= 0.6 is 11.3 Å². The highest BCUT2D eigenvalue weighted by Crippen LogP contribution is 2.22. The Balaban J connectivity index is 2.66. The molecule has 2 amide bonds. The predicted octanol–water partition coefficient (Wildman–Crippen LogP) is 0.960. The first-order chi connectivity index (χ1) is 9.92. The monoisotopic (exact) mass is 312 g/mol. The van der Waals surface area contributed by atoms with Gasteiger partial charge >= 0.3 is 0 Å². The second-order valence-electron chi connectivity index (χ2n) is 4.90. The average Bonchev–Trinajstić information content (AvgIpc) is 2.80. The number of nitrogens with one attached hydrogen (secondary N) is 1. The van der Waals surface area contributed by atoms with E-state index in [4.69, 9.17) is 5.84 Å². The predicted molar refractivity (Wildman–Crippen MR) is 85.0 cm³/mol. The van der Waals surface area contributed by atoms with Gasteiger partial charge in [0.15, 0.2) is 0 Å². The van der Waals surface area contributed by atoms with Gasteiger partial charge in [0.2, 0.25) is 5.91 Å². The maximum Gasteiger partial charge on any atom is 0.275 e. The molecule has 0 radical (unpaired) electrons. The van der Waals surface area contributed by atoms with E-state index in [0.29, 0.717) is 18.0 Å². The van der Waals surface area contributed by atoms with E-state index in [-0.39, 0.29) is 11.8 Å². The number of amides is 2. The Labute approximate surface area is 129 Å². The van der Waals surface area contributed by atoms with Crippen molar-refractivity contribution >= 4 is 23.2 Å². The third-order valence-electron chi connectivity index (χ3n) is 3.34. The van der Waals surface area contributed by atoms with Gasteiger partial charge in [-0.05, 0) is 39.4 Å². The summed E-state index contributed by atoms with van der Waals surface area (Å²) in [7, 11) is 1.90. The van der Waals surface area contributed by atoms with E-state index in [1.54, 1.807) is 0 Å². The van der Waals surface area contributed by atoms with E-state index in [1.165, 1.54) is 11.3 Å². The Bertz CT molecular complexity index is 497. The van der Waals surface area contributed by atoms with Crippen LogP contribution in [0.25, 0.3) is 0 Å². The molecule has 0 aliphatic rings. The zero-order valence-electron chi connectivity index (χ0n) is 13.1. The second kappa shape index (κ2) is 8.11. The summed E-state index contributed by atoms with van der Waals surface area (Å²) in [5, 5.41) is 0. The summed E-state index contributed by atoms with van der Waals surface area (Å²) in [6, 6.07) is 1.83. The van der Waals surface area contributed by atoms with Crippen molar-refractivity contribution in [2.45, 2.75) is 27.3 Å². The van der Waals surface area contributed by atoms with E-state index in [0.717, 1.165) is 23.5 Å². The number of carbonyl (C=O) groups excluding carboxylic acids is 2. The molecule has 0 unspecified atom stereocenters. The van der Waals surface area contributed by atoms with E-state index >= 15 is 0 Å². The van der Waals surface area contributed by atoms with E-state index in [2.05, 4.69) is 5.43 Å². The largest absolute Gasteiger partial charge is 0.342 e. The van der Waals surface area contributed by atoms with Crippen LogP contribution in [0.4, 0.5) is 0 Å². The lowest BCUT2D eigenvalue weighted by molar-refractivity contribution is -0.131. The van der Waals surface area contributed by atoms with Crippen molar-refractivity contribution in [3.05, 3.63) is 21.4 Å². The SMILES string of the molecule is CCN(CC)C(=O)CN(C)Cc1cc(C(=O)NN)sc1C. The molecular formula is C14H24N4O2S. The number of hydrazine groups is 1. The van der Waals surface area contributed by atoms with Gasteiger partial charge in [-0.25, -0.2) is 5.84 Å². The summed E-state index contributed by atoms with van der Waals surface area (Å²) < 4.78 is 0. The topological polar surface area (TPSA) is 78.7 Å². The van der Waals surface area contributed by atoms with Crippen LogP contribution in [-0.4, -0.2) is 48.3 Å². The number of carbonyl (C=O) groups is 2. The highest BCUT2D eigenvalue weighted by molar-refractivity contribution is 7.14. The number of rotatable bonds is 7. The molecule has 118 valence electrons. The van der Waals surface area contributed by atoms with Crippen LogP contribution in [0.2, 0.25) is 0 Å². The van der Waals surface area contributed by atoms with Crippen molar-refractivity contribution in [3.63, 3.8) is 0 Å². The lowest BCUT2D eigenvalue weighted by Crippen LogP contribution is -2.38. The molecular weight excluding hydrogens is 288 g/mol. The van der Waals surface area contributed by atoms with Gasteiger partial charge in [-0.3, -0.25) is 19.9 Å². The van der Waals surface area contributed by atoms with Gasteiger partial charge in [0.25, 0.3) is 5.91 Å². The summed E-state index contributed by atoms with van der Waals surface area (Å²) in [4.78, 5) is 29.0. The summed E-state index contributed by atoms with van der Waals surface area (Å²) in [6.07, 6.45) is 0. The molecule has 0 fully saturated rings. The van der Waals surface area contributed by atoms with Crippen LogP contribution in [0.5, 0.6) is 0 Å². The third kappa shape index (κ3) is 4.80. The van der Waals surface area contributed by atoms with Crippen LogP contribution in [0.3, 0.4) is 0 Å². The van der Waals surface area contributed by atoms with Crippen LogP contribution in [0, 0.1) is 6.92 Å². The van der Waals surface area contributed by atoms with Crippen molar-refractivity contribution in [1.82, 2.24) is 15.2 Å². The van der Waals surface area contributed by atoms with E-state index < -0.39 is 0 Å². The minimum atomic E-state index is -0.281. The molecule has 1 aromatic heterocycles. The molecule has 1 rings (SSSR count). The quantitative estimate of drug-likeness (QED) is 0.446. The first-order valence-electron chi connectivity index (χ1n) is 6.99. The normalized spacial score (nSPS) is 10.8. The van der Waals surface area contributed by atoms with Crippen LogP contribution < -0.4 is 11.3 Å². The van der Waals surface area contributed by atoms with Crippen LogP contribution in [0.1, 0.15) is 34.0 Å².